The van der Waals surface area contributed by atoms with E-state index in [0.717, 1.165) is 43.0 Å². The molecule has 35 heavy (non-hydrogen) atoms. The van der Waals surface area contributed by atoms with E-state index in [9.17, 15) is 15.0 Å². The SMILES string of the molecule is COc1cc(C(=O)N[C@@H]2CC[C@@]3(O)[C@H]4Cc5ccc(O)c6c5[C@@]3(CCN4CC3CC3)[C@H]2O6)ccn1. The van der Waals surface area contributed by atoms with Crippen LogP contribution >= 0.6 is 0 Å². The van der Waals surface area contributed by atoms with Gasteiger partial charge < -0.3 is 25.0 Å². The van der Waals surface area contributed by atoms with E-state index in [2.05, 4.69) is 15.2 Å². The summed E-state index contributed by atoms with van der Waals surface area (Å²) in [6.07, 6.45) is 6.36. The fourth-order valence-corrected chi connectivity index (χ4v) is 7.54. The minimum atomic E-state index is -0.960. The number of aliphatic hydroxyl groups is 1. The van der Waals surface area contributed by atoms with Crippen molar-refractivity contribution in [2.45, 2.75) is 67.7 Å². The number of benzene rings is 1. The molecule has 3 N–H and O–H groups in total. The number of hydrogen-bond donors (Lipinski definition) is 3. The molecule has 5 atom stereocenters. The smallest absolute Gasteiger partial charge is 0.251 e. The van der Waals surface area contributed by atoms with Crippen LogP contribution in [0.1, 0.15) is 53.6 Å². The highest BCUT2D eigenvalue weighted by atomic mass is 16.5. The number of hydrogen-bond acceptors (Lipinski definition) is 7. The van der Waals surface area contributed by atoms with Gasteiger partial charge in [0.1, 0.15) is 6.10 Å². The molecule has 3 fully saturated rings. The third-order valence-electron chi connectivity index (χ3n) is 9.29. The van der Waals surface area contributed by atoms with E-state index in [4.69, 9.17) is 9.47 Å². The average molecular weight is 478 g/mol. The molecule has 1 spiro atoms. The van der Waals surface area contributed by atoms with E-state index in [0.29, 0.717) is 30.0 Å². The van der Waals surface area contributed by atoms with Gasteiger partial charge in [0.05, 0.1) is 24.2 Å². The Morgan fingerprint density at radius 3 is 2.94 bits per heavy atom. The summed E-state index contributed by atoms with van der Waals surface area (Å²) in [4.78, 5) is 19.8. The lowest BCUT2D eigenvalue weighted by Crippen LogP contribution is -2.78. The first-order chi connectivity index (χ1) is 16.9. The zero-order valence-corrected chi connectivity index (χ0v) is 19.9. The highest BCUT2D eigenvalue weighted by Gasteiger charge is 2.73. The number of likely N-dealkylation sites (tertiary alicyclic amines) is 1. The summed E-state index contributed by atoms with van der Waals surface area (Å²) in [6.45, 7) is 1.93. The number of methoxy groups -OCH3 is 1. The second kappa shape index (κ2) is 7.34. The number of amides is 1. The number of pyridine rings is 1. The Labute approximate surface area is 204 Å². The Balaban J connectivity index is 1.28. The van der Waals surface area contributed by atoms with Gasteiger partial charge in [-0.15, -0.1) is 0 Å². The molecule has 3 heterocycles. The number of aromatic nitrogens is 1. The Bertz CT molecular complexity index is 1220. The Morgan fingerprint density at radius 2 is 2.14 bits per heavy atom. The van der Waals surface area contributed by atoms with Crippen LogP contribution < -0.4 is 14.8 Å². The normalized spacial score (nSPS) is 34.6. The molecule has 3 aliphatic carbocycles. The molecule has 0 radical (unpaired) electrons. The van der Waals surface area contributed by atoms with Crippen molar-refractivity contribution in [3.05, 3.63) is 47.2 Å². The number of rotatable bonds is 5. The molecular weight excluding hydrogens is 446 g/mol. The molecule has 8 nitrogen and oxygen atoms in total. The second-order valence-corrected chi connectivity index (χ2v) is 11.0. The van der Waals surface area contributed by atoms with Crippen LogP contribution in [0.2, 0.25) is 0 Å². The predicted octanol–water partition coefficient (Wildman–Crippen LogP) is 2.16. The molecule has 1 amide bonds. The topological polar surface area (TPSA) is 104 Å². The van der Waals surface area contributed by atoms with E-state index in [1.165, 1.54) is 20.0 Å². The van der Waals surface area contributed by atoms with Crippen molar-refractivity contribution in [3.63, 3.8) is 0 Å². The van der Waals surface area contributed by atoms with Crippen LogP contribution in [0.4, 0.5) is 0 Å². The van der Waals surface area contributed by atoms with Crippen LogP contribution in [0.5, 0.6) is 17.4 Å². The highest BCUT2D eigenvalue weighted by Crippen LogP contribution is 2.65. The summed E-state index contributed by atoms with van der Waals surface area (Å²) in [5.41, 5.74) is 0.983. The first kappa shape index (κ1) is 21.4. The summed E-state index contributed by atoms with van der Waals surface area (Å²) in [7, 11) is 1.52. The maximum Gasteiger partial charge on any atom is 0.251 e. The molecule has 1 aromatic heterocycles. The molecule has 2 bridgehead atoms. The maximum absolute atomic E-state index is 13.2. The Hall–Kier alpha value is -2.84. The number of piperidine rings is 1. The van der Waals surface area contributed by atoms with E-state index in [-0.39, 0.29) is 23.7 Å². The van der Waals surface area contributed by atoms with Crippen molar-refractivity contribution in [1.29, 1.82) is 0 Å². The molecule has 8 heteroatoms. The van der Waals surface area contributed by atoms with Crippen molar-refractivity contribution in [2.75, 3.05) is 20.2 Å². The summed E-state index contributed by atoms with van der Waals surface area (Å²) >= 11 is 0. The number of nitrogens with zero attached hydrogens (tertiary/aromatic N) is 2. The lowest BCUT2D eigenvalue weighted by atomic mass is 9.48. The number of phenols is 1. The van der Waals surface area contributed by atoms with Gasteiger partial charge in [-0.2, -0.15) is 0 Å². The minimum absolute atomic E-state index is 0.0204. The van der Waals surface area contributed by atoms with E-state index in [1.807, 2.05) is 6.07 Å². The van der Waals surface area contributed by atoms with Crippen molar-refractivity contribution in [2.24, 2.45) is 5.92 Å². The summed E-state index contributed by atoms with van der Waals surface area (Å²) < 4.78 is 11.7. The zero-order chi connectivity index (χ0) is 23.9. The molecule has 184 valence electrons. The highest BCUT2D eigenvalue weighted by molar-refractivity contribution is 5.94. The van der Waals surface area contributed by atoms with Crippen LogP contribution in [0.15, 0.2) is 30.5 Å². The summed E-state index contributed by atoms with van der Waals surface area (Å²) in [6, 6.07) is 6.72. The molecular formula is C27H31N3O5. The number of ether oxygens (including phenoxy) is 2. The Kier molecular flexibility index (Phi) is 4.49. The standard InChI is InChI=1S/C27H31N3O5/c1-34-21-13-17(7-10-28-21)25(32)29-18-6-8-27(33)20-12-16-4-5-19(31)23-22(16)26(27,24(18)35-23)9-11-30(20)14-15-2-3-15/h4-5,7,10,13,15,18,20,24,31,33H,2-3,6,8-9,11-12,14H2,1H3,(H,29,32)/t18-,20-,24+,26+,27-/m1/s1. The fraction of sp³-hybridized carbons (Fsp3) is 0.556. The lowest BCUT2D eigenvalue weighted by molar-refractivity contribution is -0.191. The molecule has 0 unspecified atom stereocenters. The molecule has 2 aliphatic heterocycles. The number of carbonyl (C=O) groups is 1. The largest absolute Gasteiger partial charge is 0.504 e. The number of carbonyl (C=O) groups excluding carboxylic acids is 1. The van der Waals surface area contributed by atoms with Gasteiger partial charge in [-0.05, 0) is 68.7 Å². The fourth-order valence-electron chi connectivity index (χ4n) is 7.54. The molecule has 1 saturated heterocycles. The van der Waals surface area contributed by atoms with Gasteiger partial charge >= 0.3 is 0 Å². The Morgan fingerprint density at radius 1 is 1.29 bits per heavy atom. The minimum Gasteiger partial charge on any atom is -0.504 e. The molecule has 1 aromatic carbocycles. The van der Waals surface area contributed by atoms with Crippen LogP contribution in [0.3, 0.4) is 0 Å². The lowest BCUT2D eigenvalue weighted by Gasteiger charge is -2.64. The van der Waals surface area contributed by atoms with Gasteiger partial charge in [-0.25, -0.2) is 4.98 Å². The van der Waals surface area contributed by atoms with Gasteiger partial charge in [0.25, 0.3) is 5.91 Å². The molecule has 2 saturated carbocycles. The van der Waals surface area contributed by atoms with Crippen LogP contribution in [-0.2, 0) is 11.8 Å². The van der Waals surface area contributed by atoms with Gasteiger partial charge in [0.2, 0.25) is 5.88 Å². The first-order valence-electron chi connectivity index (χ1n) is 12.7. The van der Waals surface area contributed by atoms with Gasteiger partial charge in [0, 0.05) is 36.0 Å². The summed E-state index contributed by atoms with van der Waals surface area (Å²) in [5.74, 6) is 1.50. The predicted molar refractivity (Wildman–Crippen MR) is 127 cm³/mol. The average Bonchev–Trinajstić information content (AvgIpc) is 3.61. The van der Waals surface area contributed by atoms with Crippen LogP contribution in [-0.4, -0.2) is 70.0 Å². The van der Waals surface area contributed by atoms with Crippen molar-refractivity contribution < 1.29 is 24.5 Å². The number of nitrogens with one attached hydrogen (secondary N) is 1. The van der Waals surface area contributed by atoms with E-state index >= 15 is 0 Å². The van der Waals surface area contributed by atoms with E-state index < -0.39 is 17.1 Å². The monoisotopic (exact) mass is 477 g/mol. The van der Waals surface area contributed by atoms with Gasteiger partial charge in [0.15, 0.2) is 11.5 Å². The maximum atomic E-state index is 13.2. The van der Waals surface area contributed by atoms with Crippen molar-refractivity contribution >= 4 is 5.91 Å². The third-order valence-corrected chi connectivity index (χ3v) is 9.29. The zero-order valence-electron chi connectivity index (χ0n) is 19.9. The number of aromatic hydroxyl groups is 1. The van der Waals surface area contributed by atoms with Gasteiger partial charge in [-0.1, -0.05) is 6.07 Å². The molecule has 7 rings (SSSR count). The van der Waals surface area contributed by atoms with Gasteiger partial charge in [-0.3, -0.25) is 9.69 Å². The molecule has 5 aliphatic rings. The first-order valence-corrected chi connectivity index (χ1v) is 12.7. The van der Waals surface area contributed by atoms with Crippen LogP contribution in [0.25, 0.3) is 0 Å². The quantitative estimate of drug-likeness (QED) is 0.606. The van der Waals surface area contributed by atoms with Crippen molar-refractivity contribution in [1.82, 2.24) is 15.2 Å². The second-order valence-electron chi connectivity index (χ2n) is 11.0. The van der Waals surface area contributed by atoms with Crippen molar-refractivity contribution in [3.8, 4) is 17.4 Å². The third kappa shape index (κ3) is 2.87. The molecule has 2 aromatic rings. The number of phenolic OH excluding ortho intramolecular Hbond substituents is 1. The van der Waals surface area contributed by atoms with Crippen LogP contribution in [0, 0.1) is 5.92 Å². The summed E-state index contributed by atoms with van der Waals surface area (Å²) in [5, 5.41) is 26.4. The van der Waals surface area contributed by atoms with E-state index in [1.54, 1.807) is 24.4 Å².